The molecule has 0 bridgehead atoms. The number of rotatable bonds is 2. The molecule has 1 aromatic heterocycles. The minimum atomic E-state index is 0.715. The zero-order valence-corrected chi connectivity index (χ0v) is 9.00. The van der Waals surface area contributed by atoms with Gasteiger partial charge < -0.3 is 0 Å². The van der Waals surface area contributed by atoms with Gasteiger partial charge in [-0.15, -0.1) is 0 Å². The van der Waals surface area contributed by atoms with Gasteiger partial charge in [-0.3, -0.25) is 4.98 Å². The normalized spacial score (nSPS) is 10.5. The van der Waals surface area contributed by atoms with E-state index < -0.39 is 0 Å². The molecule has 0 radical (unpaired) electrons. The molecule has 0 aromatic carbocycles. The highest BCUT2D eigenvalue weighted by atomic mass is 127. The number of halogens is 1. The highest BCUT2D eigenvalue weighted by molar-refractivity contribution is 14.1. The Balaban J connectivity index is 2.78. The monoisotopic (exact) mass is 261 g/mol. The van der Waals surface area contributed by atoms with Crippen molar-refractivity contribution in [1.29, 1.82) is 0 Å². The van der Waals surface area contributed by atoms with Crippen LogP contribution in [-0.4, -0.2) is 4.98 Å². The Morgan fingerprint density at radius 2 is 2.27 bits per heavy atom. The van der Waals surface area contributed by atoms with Gasteiger partial charge in [0, 0.05) is 16.0 Å². The van der Waals surface area contributed by atoms with Crippen molar-refractivity contribution in [3.63, 3.8) is 0 Å². The van der Waals surface area contributed by atoms with Gasteiger partial charge in [0.25, 0.3) is 0 Å². The highest BCUT2D eigenvalue weighted by Gasteiger charge is 2.00. The van der Waals surface area contributed by atoms with Crippen LogP contribution in [0.4, 0.5) is 0 Å². The third-order valence-electron chi connectivity index (χ3n) is 1.47. The second-order valence-electron chi connectivity index (χ2n) is 3.07. The molecular formula is C9H12IN. The van der Waals surface area contributed by atoms with Gasteiger partial charge in [-0.2, -0.15) is 0 Å². The molecule has 1 nitrogen and oxygen atoms in total. The molecule has 0 aliphatic heterocycles. The maximum absolute atomic E-state index is 4.09. The predicted octanol–water partition coefficient (Wildman–Crippen LogP) is 2.88. The van der Waals surface area contributed by atoms with E-state index in [0.29, 0.717) is 5.92 Å². The lowest BCUT2D eigenvalue weighted by molar-refractivity contribution is 0.643. The van der Waals surface area contributed by atoms with Gasteiger partial charge >= 0.3 is 0 Å². The van der Waals surface area contributed by atoms with Crippen LogP contribution in [0.2, 0.25) is 0 Å². The molecule has 1 aromatic rings. The summed E-state index contributed by atoms with van der Waals surface area (Å²) in [5.41, 5.74) is 1.36. The van der Waals surface area contributed by atoms with Crippen LogP contribution in [0, 0.1) is 9.49 Å². The number of aromatic nitrogens is 1. The summed E-state index contributed by atoms with van der Waals surface area (Å²) in [6.45, 7) is 4.45. The van der Waals surface area contributed by atoms with Crippen molar-refractivity contribution in [2.24, 2.45) is 5.92 Å². The largest absolute Gasteiger partial charge is 0.264 e. The zero-order valence-electron chi connectivity index (χ0n) is 6.84. The Morgan fingerprint density at radius 1 is 1.55 bits per heavy atom. The van der Waals surface area contributed by atoms with Gasteiger partial charge in [-0.05, 0) is 46.6 Å². The van der Waals surface area contributed by atoms with Gasteiger partial charge in [0.2, 0.25) is 0 Å². The second-order valence-corrected chi connectivity index (χ2v) is 4.23. The van der Waals surface area contributed by atoms with E-state index >= 15 is 0 Å². The van der Waals surface area contributed by atoms with Crippen LogP contribution >= 0.6 is 22.6 Å². The topological polar surface area (TPSA) is 12.9 Å². The van der Waals surface area contributed by atoms with Crippen molar-refractivity contribution in [3.8, 4) is 0 Å². The Morgan fingerprint density at radius 3 is 2.82 bits per heavy atom. The van der Waals surface area contributed by atoms with Crippen molar-refractivity contribution in [2.75, 3.05) is 0 Å². The van der Waals surface area contributed by atoms with Crippen LogP contribution in [-0.2, 0) is 6.42 Å². The quantitative estimate of drug-likeness (QED) is 0.746. The van der Waals surface area contributed by atoms with Gasteiger partial charge in [0.15, 0.2) is 0 Å². The molecule has 1 heterocycles. The first-order valence-corrected chi connectivity index (χ1v) is 4.86. The molecule has 0 saturated carbocycles. The maximum Gasteiger partial charge on any atom is 0.0310 e. The fraction of sp³-hybridized carbons (Fsp3) is 0.444. The van der Waals surface area contributed by atoms with Crippen LogP contribution in [0.15, 0.2) is 18.5 Å². The lowest BCUT2D eigenvalue weighted by Crippen LogP contribution is -1.96. The zero-order chi connectivity index (χ0) is 8.27. The number of nitrogens with zero attached hydrogens (tertiary/aromatic N) is 1. The molecule has 0 saturated heterocycles. The second kappa shape index (κ2) is 4.04. The number of hydrogen-bond acceptors (Lipinski definition) is 1. The lowest BCUT2D eigenvalue weighted by atomic mass is 10.1. The first-order chi connectivity index (χ1) is 5.20. The molecule has 1 rings (SSSR count). The molecular weight excluding hydrogens is 249 g/mol. The van der Waals surface area contributed by atoms with Crippen molar-refractivity contribution in [1.82, 2.24) is 4.98 Å². The maximum atomic E-state index is 4.09. The molecule has 0 fully saturated rings. The standard InChI is InChI=1S/C9H12IN/c1-7(2)5-8-6-11-4-3-9(8)10/h3-4,6-7H,5H2,1-2H3. The van der Waals surface area contributed by atoms with E-state index in [2.05, 4.69) is 47.5 Å². The van der Waals surface area contributed by atoms with E-state index in [1.54, 1.807) is 0 Å². The van der Waals surface area contributed by atoms with E-state index in [4.69, 9.17) is 0 Å². The molecule has 0 amide bonds. The van der Waals surface area contributed by atoms with Gasteiger partial charge in [0.1, 0.15) is 0 Å². The van der Waals surface area contributed by atoms with E-state index in [1.807, 2.05) is 12.4 Å². The first-order valence-electron chi connectivity index (χ1n) is 3.78. The Bertz CT molecular complexity index is 233. The Hall–Kier alpha value is -0.120. The Labute approximate surface area is 81.4 Å². The summed E-state index contributed by atoms with van der Waals surface area (Å²) in [5.74, 6) is 0.715. The summed E-state index contributed by atoms with van der Waals surface area (Å²) in [6, 6.07) is 2.05. The minimum Gasteiger partial charge on any atom is -0.264 e. The molecule has 0 unspecified atom stereocenters. The van der Waals surface area contributed by atoms with E-state index in [-0.39, 0.29) is 0 Å². The van der Waals surface area contributed by atoms with Crippen molar-refractivity contribution < 1.29 is 0 Å². The molecule has 0 aliphatic carbocycles. The van der Waals surface area contributed by atoms with E-state index in [1.165, 1.54) is 9.13 Å². The van der Waals surface area contributed by atoms with Crippen LogP contribution in [0.5, 0.6) is 0 Å². The van der Waals surface area contributed by atoms with Crippen LogP contribution < -0.4 is 0 Å². The molecule has 0 atom stereocenters. The molecule has 60 valence electrons. The number of pyridine rings is 1. The molecule has 11 heavy (non-hydrogen) atoms. The average Bonchev–Trinajstić information content (AvgIpc) is 1.93. The fourth-order valence-electron chi connectivity index (χ4n) is 1.00. The van der Waals surface area contributed by atoms with Gasteiger partial charge in [-0.25, -0.2) is 0 Å². The summed E-state index contributed by atoms with van der Waals surface area (Å²) in [6.07, 6.45) is 4.93. The third kappa shape index (κ3) is 2.77. The average molecular weight is 261 g/mol. The molecule has 0 spiro atoms. The smallest absolute Gasteiger partial charge is 0.0310 e. The molecule has 0 N–H and O–H groups in total. The van der Waals surface area contributed by atoms with Crippen LogP contribution in [0.3, 0.4) is 0 Å². The van der Waals surface area contributed by atoms with Crippen LogP contribution in [0.1, 0.15) is 19.4 Å². The Kier molecular flexibility index (Phi) is 3.30. The van der Waals surface area contributed by atoms with Crippen LogP contribution in [0.25, 0.3) is 0 Å². The third-order valence-corrected chi connectivity index (χ3v) is 2.52. The summed E-state index contributed by atoms with van der Waals surface area (Å²) in [4.78, 5) is 4.09. The molecule has 2 heteroatoms. The minimum absolute atomic E-state index is 0.715. The van der Waals surface area contributed by atoms with Crippen molar-refractivity contribution >= 4 is 22.6 Å². The highest BCUT2D eigenvalue weighted by Crippen LogP contribution is 2.13. The van der Waals surface area contributed by atoms with E-state index in [9.17, 15) is 0 Å². The van der Waals surface area contributed by atoms with Gasteiger partial charge in [-0.1, -0.05) is 13.8 Å². The predicted molar refractivity (Wildman–Crippen MR) is 55.5 cm³/mol. The summed E-state index contributed by atoms with van der Waals surface area (Å²) in [5, 5.41) is 0. The SMILES string of the molecule is CC(C)Cc1cnccc1I. The fourth-order valence-corrected chi connectivity index (χ4v) is 1.52. The van der Waals surface area contributed by atoms with Crippen molar-refractivity contribution in [3.05, 3.63) is 27.6 Å². The van der Waals surface area contributed by atoms with Crippen molar-refractivity contribution in [2.45, 2.75) is 20.3 Å². The summed E-state index contributed by atoms with van der Waals surface area (Å²) in [7, 11) is 0. The molecule has 0 aliphatic rings. The lowest BCUT2D eigenvalue weighted by Gasteiger charge is -2.05. The van der Waals surface area contributed by atoms with Gasteiger partial charge in [0.05, 0.1) is 0 Å². The first kappa shape index (κ1) is 8.97. The number of hydrogen-bond donors (Lipinski definition) is 0. The summed E-state index contributed by atoms with van der Waals surface area (Å²) < 4.78 is 1.33. The summed E-state index contributed by atoms with van der Waals surface area (Å²) >= 11 is 2.35. The van der Waals surface area contributed by atoms with E-state index in [0.717, 1.165) is 6.42 Å².